The molecule has 0 spiro atoms. The predicted molar refractivity (Wildman–Crippen MR) is 87.2 cm³/mol. The Labute approximate surface area is 130 Å². The van der Waals surface area contributed by atoms with Crippen LogP contribution in [-0.4, -0.2) is 15.3 Å². The van der Waals surface area contributed by atoms with E-state index in [2.05, 4.69) is 11.6 Å². The van der Waals surface area contributed by atoms with Crippen LogP contribution in [0, 0.1) is 0 Å². The number of thiophene rings is 1. The van der Waals surface area contributed by atoms with Crippen molar-refractivity contribution in [1.29, 1.82) is 0 Å². The van der Waals surface area contributed by atoms with Gasteiger partial charge in [0, 0.05) is 22.7 Å². The summed E-state index contributed by atoms with van der Waals surface area (Å²) in [6.07, 6.45) is 4.48. The number of nitrogens with zero attached hydrogens (tertiary/aromatic N) is 2. The molecule has 0 radical (unpaired) electrons. The molecule has 2 heterocycles. The van der Waals surface area contributed by atoms with Gasteiger partial charge in [0.2, 0.25) is 0 Å². The fourth-order valence-electron chi connectivity index (χ4n) is 2.54. The summed E-state index contributed by atoms with van der Waals surface area (Å²) >= 11 is 8.93. The lowest BCUT2D eigenvalue weighted by molar-refractivity contribution is 0.695. The van der Waals surface area contributed by atoms with Crippen LogP contribution in [0.2, 0.25) is 0 Å². The van der Waals surface area contributed by atoms with E-state index in [0.717, 1.165) is 23.1 Å². The van der Waals surface area contributed by atoms with E-state index in [4.69, 9.17) is 11.6 Å². The van der Waals surface area contributed by atoms with E-state index in [9.17, 15) is 4.79 Å². The molecule has 3 rings (SSSR count). The van der Waals surface area contributed by atoms with Gasteiger partial charge < -0.3 is 0 Å². The van der Waals surface area contributed by atoms with Gasteiger partial charge in [-0.3, -0.25) is 9.36 Å². The van der Waals surface area contributed by atoms with Gasteiger partial charge in [0.15, 0.2) is 5.16 Å². The smallest absolute Gasteiger partial charge is 0.262 e. The molecular formula is C14H15ClN2OS2. The molecule has 106 valence electrons. The van der Waals surface area contributed by atoms with E-state index in [0.29, 0.717) is 15.9 Å². The number of thioether (sulfide) groups is 1. The Morgan fingerprint density at radius 3 is 3.00 bits per heavy atom. The Hall–Kier alpha value is -0.780. The second kappa shape index (κ2) is 5.54. The van der Waals surface area contributed by atoms with Crippen molar-refractivity contribution in [1.82, 2.24) is 9.55 Å². The number of fused-ring (bicyclic) bond motifs is 3. The standard InChI is InChI=1S/C14H15ClN2OS2/c1-8(15)7-19-14-16-12-11(13(18)17(14)2)9-5-3-4-6-10(9)20-12/h1,3-7H2,2H3. The van der Waals surface area contributed by atoms with Crippen molar-refractivity contribution >= 4 is 44.9 Å². The number of halogens is 1. The van der Waals surface area contributed by atoms with E-state index >= 15 is 0 Å². The van der Waals surface area contributed by atoms with E-state index in [-0.39, 0.29) is 5.56 Å². The summed E-state index contributed by atoms with van der Waals surface area (Å²) in [5.74, 6) is 0.568. The van der Waals surface area contributed by atoms with Crippen molar-refractivity contribution in [3.05, 3.63) is 32.4 Å². The van der Waals surface area contributed by atoms with Gasteiger partial charge in [0.1, 0.15) is 4.83 Å². The lowest BCUT2D eigenvalue weighted by Crippen LogP contribution is -2.20. The number of aryl methyl sites for hydroxylation is 2. The van der Waals surface area contributed by atoms with Gasteiger partial charge in [-0.25, -0.2) is 4.98 Å². The Morgan fingerprint density at radius 1 is 1.50 bits per heavy atom. The summed E-state index contributed by atoms with van der Waals surface area (Å²) < 4.78 is 1.63. The maximum Gasteiger partial charge on any atom is 0.262 e. The second-order valence-electron chi connectivity index (χ2n) is 4.96. The van der Waals surface area contributed by atoms with Crippen LogP contribution in [0.4, 0.5) is 0 Å². The minimum atomic E-state index is 0.0667. The maximum absolute atomic E-state index is 12.6. The highest BCUT2D eigenvalue weighted by molar-refractivity contribution is 7.99. The topological polar surface area (TPSA) is 34.9 Å². The normalized spacial score (nSPS) is 14.5. The molecule has 0 aliphatic heterocycles. The molecule has 1 aliphatic rings. The van der Waals surface area contributed by atoms with Gasteiger partial charge in [-0.15, -0.1) is 11.3 Å². The van der Waals surface area contributed by atoms with Crippen molar-refractivity contribution in [2.45, 2.75) is 30.8 Å². The lowest BCUT2D eigenvalue weighted by Gasteiger charge is -2.10. The third-order valence-electron chi connectivity index (χ3n) is 3.51. The highest BCUT2D eigenvalue weighted by Gasteiger charge is 2.21. The first kappa shape index (κ1) is 14.2. The monoisotopic (exact) mass is 326 g/mol. The van der Waals surface area contributed by atoms with Crippen LogP contribution >= 0.6 is 34.7 Å². The van der Waals surface area contributed by atoms with Gasteiger partial charge in [0.25, 0.3) is 5.56 Å². The quantitative estimate of drug-likeness (QED) is 0.637. The fraction of sp³-hybridized carbons (Fsp3) is 0.429. The SMILES string of the molecule is C=C(Cl)CSc1nc2sc3c(c2c(=O)n1C)CCCC3. The summed E-state index contributed by atoms with van der Waals surface area (Å²) in [6.45, 7) is 3.67. The highest BCUT2D eigenvalue weighted by atomic mass is 35.5. The van der Waals surface area contributed by atoms with Gasteiger partial charge in [-0.05, 0) is 31.2 Å². The lowest BCUT2D eigenvalue weighted by atomic mass is 9.97. The second-order valence-corrected chi connectivity index (χ2v) is 7.52. The molecule has 0 unspecified atom stereocenters. The number of rotatable bonds is 3. The van der Waals surface area contributed by atoms with E-state index in [1.165, 1.54) is 35.0 Å². The van der Waals surface area contributed by atoms with Crippen LogP contribution in [0.15, 0.2) is 21.6 Å². The molecule has 6 heteroatoms. The molecule has 0 atom stereocenters. The predicted octanol–water partition coefficient (Wildman–Crippen LogP) is 3.72. The van der Waals surface area contributed by atoms with Crippen LogP contribution in [0.5, 0.6) is 0 Å². The number of aromatic nitrogens is 2. The average molecular weight is 327 g/mol. The molecule has 0 bridgehead atoms. The first-order valence-electron chi connectivity index (χ1n) is 6.55. The van der Waals surface area contributed by atoms with Gasteiger partial charge in [-0.1, -0.05) is 29.9 Å². The van der Waals surface area contributed by atoms with Crippen molar-refractivity contribution in [3.8, 4) is 0 Å². The number of hydrogen-bond donors (Lipinski definition) is 0. The molecule has 2 aromatic heterocycles. The molecule has 3 nitrogen and oxygen atoms in total. The minimum Gasteiger partial charge on any atom is -0.290 e. The summed E-state index contributed by atoms with van der Waals surface area (Å²) in [4.78, 5) is 19.5. The summed E-state index contributed by atoms with van der Waals surface area (Å²) in [7, 11) is 1.78. The third-order valence-corrected chi connectivity index (χ3v) is 6.11. The molecule has 0 fully saturated rings. The zero-order chi connectivity index (χ0) is 14.3. The van der Waals surface area contributed by atoms with Crippen LogP contribution in [-0.2, 0) is 19.9 Å². The van der Waals surface area contributed by atoms with Crippen molar-refractivity contribution in [2.75, 3.05) is 5.75 Å². The Kier molecular flexibility index (Phi) is 3.93. The Bertz CT molecular complexity index is 748. The van der Waals surface area contributed by atoms with Crippen molar-refractivity contribution in [2.24, 2.45) is 7.05 Å². The van der Waals surface area contributed by atoms with Crippen LogP contribution < -0.4 is 5.56 Å². The van der Waals surface area contributed by atoms with Crippen LogP contribution in [0.3, 0.4) is 0 Å². The molecule has 0 saturated heterocycles. The number of hydrogen-bond acceptors (Lipinski definition) is 4. The van der Waals surface area contributed by atoms with Crippen molar-refractivity contribution in [3.63, 3.8) is 0 Å². The fourth-order valence-corrected chi connectivity index (χ4v) is 4.73. The van der Waals surface area contributed by atoms with E-state index in [1.807, 2.05) is 0 Å². The summed E-state index contributed by atoms with van der Waals surface area (Å²) in [6, 6.07) is 0. The third kappa shape index (κ3) is 2.43. The minimum absolute atomic E-state index is 0.0667. The first-order chi connectivity index (χ1) is 9.58. The Morgan fingerprint density at radius 2 is 2.25 bits per heavy atom. The maximum atomic E-state index is 12.6. The van der Waals surface area contributed by atoms with E-state index in [1.54, 1.807) is 23.0 Å². The molecule has 20 heavy (non-hydrogen) atoms. The highest BCUT2D eigenvalue weighted by Crippen LogP contribution is 2.34. The average Bonchev–Trinajstić information content (AvgIpc) is 2.79. The molecule has 0 amide bonds. The zero-order valence-electron chi connectivity index (χ0n) is 11.2. The Balaban J connectivity index is 2.14. The summed E-state index contributed by atoms with van der Waals surface area (Å²) in [5.41, 5.74) is 1.31. The van der Waals surface area contributed by atoms with Crippen LogP contribution in [0.1, 0.15) is 23.3 Å². The van der Waals surface area contributed by atoms with Gasteiger partial charge in [-0.2, -0.15) is 0 Å². The largest absolute Gasteiger partial charge is 0.290 e. The zero-order valence-corrected chi connectivity index (χ0v) is 13.6. The molecule has 1 aliphatic carbocycles. The van der Waals surface area contributed by atoms with Crippen molar-refractivity contribution < 1.29 is 0 Å². The molecule has 2 aromatic rings. The van der Waals surface area contributed by atoms with Gasteiger partial charge in [0.05, 0.1) is 5.39 Å². The van der Waals surface area contributed by atoms with Crippen LogP contribution in [0.25, 0.3) is 10.2 Å². The molecule has 0 saturated carbocycles. The van der Waals surface area contributed by atoms with Gasteiger partial charge >= 0.3 is 0 Å². The van der Waals surface area contributed by atoms with E-state index < -0.39 is 0 Å². The molecular weight excluding hydrogens is 312 g/mol. The summed E-state index contributed by atoms with van der Waals surface area (Å²) in [5, 5.41) is 2.11. The molecule has 0 N–H and O–H groups in total. The molecule has 0 aromatic carbocycles. The first-order valence-corrected chi connectivity index (χ1v) is 8.73.